The molecule has 1 atom stereocenters. The third-order valence-corrected chi connectivity index (χ3v) is 7.63. The zero-order valence-electron chi connectivity index (χ0n) is 30.4. The van der Waals surface area contributed by atoms with Crippen LogP contribution in [0.25, 0.3) is 0 Å². The van der Waals surface area contributed by atoms with Crippen LogP contribution in [-0.4, -0.2) is 169 Å². The predicted octanol–water partition coefficient (Wildman–Crippen LogP) is 2.08. The molecular weight excluding hydrogens is 590 g/mol. The van der Waals surface area contributed by atoms with Gasteiger partial charge >= 0.3 is 17.9 Å². The van der Waals surface area contributed by atoms with Gasteiger partial charge < -0.3 is 24.2 Å². The van der Waals surface area contributed by atoms with E-state index in [1.165, 1.54) is 19.3 Å². The van der Waals surface area contributed by atoms with Gasteiger partial charge in [0.2, 0.25) is 0 Å². The van der Waals surface area contributed by atoms with Crippen molar-refractivity contribution in [3.8, 4) is 0 Å². The van der Waals surface area contributed by atoms with Gasteiger partial charge in [0.05, 0.1) is 25.7 Å². The lowest BCUT2D eigenvalue weighted by Crippen LogP contribution is -2.51. The van der Waals surface area contributed by atoms with Gasteiger partial charge in [-0.1, -0.05) is 6.42 Å². The zero-order valence-corrected chi connectivity index (χ0v) is 30.4. The van der Waals surface area contributed by atoms with E-state index in [0.29, 0.717) is 65.4 Å². The van der Waals surface area contributed by atoms with Crippen molar-refractivity contribution in [2.45, 2.75) is 104 Å². The SMILES string of the molecule is CC(C)(C)OC(=O)CN1CCN(CC(=O)OC(C)(C)C)CCN(CC(O)CN2CCCCC2)CCN(CC(=O)OC(C)(C)C)CC1. The molecule has 0 bridgehead atoms. The fourth-order valence-electron chi connectivity index (χ4n) is 5.70. The van der Waals surface area contributed by atoms with Crippen LogP contribution in [0, 0.1) is 0 Å². The molecule has 2 heterocycles. The average molecular weight is 656 g/mol. The Bertz CT molecular complexity index is 892. The lowest BCUT2D eigenvalue weighted by molar-refractivity contribution is -0.158. The molecular formula is C34H65N5O7. The Hall–Kier alpha value is -1.83. The number of ether oxygens (including phenoxy) is 3. The highest BCUT2D eigenvalue weighted by molar-refractivity contribution is 5.73. The molecule has 12 heteroatoms. The van der Waals surface area contributed by atoms with Crippen LogP contribution in [0.3, 0.4) is 0 Å². The van der Waals surface area contributed by atoms with Crippen LogP contribution < -0.4 is 0 Å². The van der Waals surface area contributed by atoms with Crippen LogP contribution in [0.15, 0.2) is 0 Å². The van der Waals surface area contributed by atoms with Crippen molar-refractivity contribution in [3.05, 3.63) is 0 Å². The van der Waals surface area contributed by atoms with Gasteiger partial charge in [-0.05, 0) is 88.2 Å². The van der Waals surface area contributed by atoms with Crippen molar-refractivity contribution in [1.82, 2.24) is 24.5 Å². The molecule has 0 aromatic rings. The summed E-state index contributed by atoms with van der Waals surface area (Å²) in [4.78, 5) is 49.4. The summed E-state index contributed by atoms with van der Waals surface area (Å²) in [6.45, 7) is 24.8. The quantitative estimate of drug-likeness (QED) is 0.275. The Morgan fingerprint density at radius 1 is 0.478 bits per heavy atom. The van der Waals surface area contributed by atoms with E-state index < -0.39 is 22.9 Å². The highest BCUT2D eigenvalue weighted by Crippen LogP contribution is 2.13. The second-order valence-electron chi connectivity index (χ2n) is 15.9. The molecule has 0 radical (unpaired) electrons. The monoisotopic (exact) mass is 655 g/mol. The molecule has 0 aromatic heterocycles. The number of carbonyl (C=O) groups excluding carboxylic acids is 3. The number of likely N-dealkylation sites (tertiary alicyclic amines) is 1. The standard InChI is InChI=1S/C34H65N5O7/c1-32(2,3)44-29(41)25-37-17-15-36(24-28(40)23-35-13-11-10-12-14-35)16-18-38(26-30(42)45-33(4,5)6)20-22-39(21-19-37)27-31(43)46-34(7,8)9/h28,40H,10-27H2,1-9H3. The number of hydrogen-bond acceptors (Lipinski definition) is 12. The molecule has 1 unspecified atom stereocenters. The molecule has 2 fully saturated rings. The number of rotatable bonds is 10. The van der Waals surface area contributed by atoms with Crippen LogP contribution in [-0.2, 0) is 28.6 Å². The van der Waals surface area contributed by atoms with Gasteiger partial charge in [-0.25, -0.2) is 0 Å². The fourth-order valence-corrected chi connectivity index (χ4v) is 5.70. The Morgan fingerprint density at radius 2 is 0.739 bits per heavy atom. The molecule has 0 spiro atoms. The van der Waals surface area contributed by atoms with Crippen LogP contribution in [0.1, 0.15) is 81.6 Å². The van der Waals surface area contributed by atoms with Gasteiger partial charge in [-0.3, -0.25) is 34.0 Å². The molecule has 2 saturated heterocycles. The highest BCUT2D eigenvalue weighted by atomic mass is 16.6. The summed E-state index contributed by atoms with van der Waals surface area (Å²) in [5.41, 5.74) is -1.78. The predicted molar refractivity (Wildman–Crippen MR) is 180 cm³/mol. The molecule has 0 aromatic carbocycles. The molecule has 0 aliphatic carbocycles. The Labute approximate surface area is 278 Å². The van der Waals surface area contributed by atoms with Gasteiger partial charge in [0.15, 0.2) is 0 Å². The summed E-state index contributed by atoms with van der Waals surface area (Å²) in [5, 5.41) is 11.1. The van der Waals surface area contributed by atoms with Crippen molar-refractivity contribution in [2.24, 2.45) is 0 Å². The van der Waals surface area contributed by atoms with E-state index in [-0.39, 0.29) is 37.5 Å². The molecule has 1 N–H and O–H groups in total. The fraction of sp³-hybridized carbons (Fsp3) is 0.912. The van der Waals surface area contributed by atoms with E-state index in [1.807, 2.05) is 67.2 Å². The minimum absolute atomic E-state index is 0.104. The second kappa shape index (κ2) is 18.6. The Kier molecular flexibility index (Phi) is 16.4. The Balaban J connectivity index is 2.24. The van der Waals surface area contributed by atoms with Crippen LogP contribution in [0.5, 0.6) is 0 Å². The number of aliphatic hydroxyl groups excluding tert-OH is 1. The third kappa shape index (κ3) is 19.1. The molecule has 2 aliphatic rings. The van der Waals surface area contributed by atoms with E-state index in [1.54, 1.807) is 0 Å². The topological polar surface area (TPSA) is 115 Å². The largest absolute Gasteiger partial charge is 0.459 e. The average Bonchev–Trinajstić information content (AvgIpc) is 2.87. The maximum Gasteiger partial charge on any atom is 0.320 e. The summed E-state index contributed by atoms with van der Waals surface area (Å²) in [5.74, 6) is -0.900. The van der Waals surface area contributed by atoms with Crippen molar-refractivity contribution < 1.29 is 33.7 Å². The molecule has 2 aliphatic heterocycles. The molecule has 0 amide bonds. The van der Waals surface area contributed by atoms with Crippen LogP contribution in [0.2, 0.25) is 0 Å². The smallest absolute Gasteiger partial charge is 0.320 e. The lowest BCUT2D eigenvalue weighted by atomic mass is 10.1. The first-order valence-corrected chi connectivity index (χ1v) is 17.2. The summed E-state index contributed by atoms with van der Waals surface area (Å²) in [6.07, 6.45) is 3.07. The van der Waals surface area contributed by atoms with E-state index in [0.717, 1.165) is 13.1 Å². The summed E-state index contributed by atoms with van der Waals surface area (Å²) < 4.78 is 16.9. The molecule has 12 nitrogen and oxygen atoms in total. The van der Waals surface area contributed by atoms with E-state index >= 15 is 0 Å². The number of β-amino-alcohol motifs (C(OH)–C–C–N with tert-alkyl or cyclic N) is 1. The van der Waals surface area contributed by atoms with E-state index in [2.05, 4.69) is 19.6 Å². The van der Waals surface area contributed by atoms with Gasteiger partial charge in [0.25, 0.3) is 0 Å². The number of carbonyl (C=O) groups is 3. The first kappa shape index (κ1) is 40.3. The number of nitrogens with zero attached hydrogens (tertiary/aromatic N) is 5. The van der Waals surface area contributed by atoms with Crippen molar-refractivity contribution in [2.75, 3.05) is 98.2 Å². The maximum absolute atomic E-state index is 12.9. The molecule has 46 heavy (non-hydrogen) atoms. The lowest BCUT2D eigenvalue weighted by Gasteiger charge is -2.35. The van der Waals surface area contributed by atoms with Gasteiger partial charge in [-0.15, -0.1) is 0 Å². The number of aliphatic hydroxyl groups is 1. The van der Waals surface area contributed by atoms with Gasteiger partial charge in [0.1, 0.15) is 16.8 Å². The van der Waals surface area contributed by atoms with Crippen LogP contribution in [0.4, 0.5) is 0 Å². The van der Waals surface area contributed by atoms with Crippen molar-refractivity contribution >= 4 is 17.9 Å². The maximum atomic E-state index is 12.9. The first-order chi connectivity index (χ1) is 21.3. The van der Waals surface area contributed by atoms with E-state index in [4.69, 9.17) is 14.2 Å². The minimum atomic E-state index is -0.600. The summed E-state index contributed by atoms with van der Waals surface area (Å²) in [7, 11) is 0. The highest BCUT2D eigenvalue weighted by Gasteiger charge is 2.26. The molecule has 0 saturated carbocycles. The minimum Gasteiger partial charge on any atom is -0.459 e. The van der Waals surface area contributed by atoms with Gasteiger partial charge in [0, 0.05) is 65.4 Å². The summed E-state index contributed by atoms with van der Waals surface area (Å²) >= 11 is 0. The zero-order chi connectivity index (χ0) is 34.5. The van der Waals surface area contributed by atoms with Gasteiger partial charge in [-0.2, -0.15) is 0 Å². The first-order valence-electron chi connectivity index (χ1n) is 17.2. The normalized spacial score (nSPS) is 20.7. The number of esters is 3. The second-order valence-corrected chi connectivity index (χ2v) is 15.9. The third-order valence-electron chi connectivity index (χ3n) is 7.63. The molecule has 268 valence electrons. The number of piperidine rings is 1. The Morgan fingerprint density at radius 3 is 1.02 bits per heavy atom. The summed E-state index contributed by atoms with van der Waals surface area (Å²) in [6, 6.07) is 0. The van der Waals surface area contributed by atoms with Crippen molar-refractivity contribution in [3.63, 3.8) is 0 Å². The van der Waals surface area contributed by atoms with Crippen molar-refractivity contribution in [1.29, 1.82) is 0 Å². The van der Waals surface area contributed by atoms with E-state index in [9.17, 15) is 19.5 Å². The molecule has 2 rings (SSSR count). The van der Waals surface area contributed by atoms with Crippen LogP contribution >= 0.6 is 0 Å². The number of hydrogen-bond donors (Lipinski definition) is 1.